The van der Waals surface area contributed by atoms with E-state index in [1.807, 2.05) is 24.3 Å². The van der Waals surface area contributed by atoms with Gasteiger partial charge in [0.15, 0.2) is 0 Å². The lowest BCUT2D eigenvalue weighted by Crippen LogP contribution is -2.15. The van der Waals surface area contributed by atoms with Gasteiger partial charge >= 0.3 is 0 Å². The van der Waals surface area contributed by atoms with Crippen molar-refractivity contribution in [3.8, 4) is 0 Å². The molecule has 1 heterocycles. The summed E-state index contributed by atoms with van der Waals surface area (Å²) in [7, 11) is -3.63. The van der Waals surface area contributed by atoms with E-state index in [0.29, 0.717) is 11.3 Å². The standard InChI is InChI=1S/C16H13FN2O2S/c17-14-6-3-4-12(8-14)11-22(20,21)19-15-9-13-5-1-2-7-16(13)18-10-15/h1-10,19H,11H2. The van der Waals surface area contributed by atoms with E-state index in [1.165, 1.54) is 24.4 Å². The molecule has 112 valence electrons. The first-order chi connectivity index (χ1) is 10.5. The number of sulfonamides is 1. The minimum absolute atomic E-state index is 0.294. The molecule has 0 spiro atoms. The van der Waals surface area contributed by atoms with Crippen LogP contribution in [0, 0.1) is 5.82 Å². The predicted octanol–water partition coefficient (Wildman–Crippen LogP) is 3.32. The van der Waals surface area contributed by atoms with Crippen molar-refractivity contribution >= 4 is 26.6 Å². The summed E-state index contributed by atoms with van der Waals surface area (Å²) in [6.07, 6.45) is 1.46. The number of halogens is 1. The highest BCUT2D eigenvalue weighted by Crippen LogP contribution is 2.18. The molecule has 0 aliphatic rings. The predicted molar refractivity (Wildman–Crippen MR) is 84.4 cm³/mol. The van der Waals surface area contributed by atoms with Crippen molar-refractivity contribution in [3.63, 3.8) is 0 Å². The van der Waals surface area contributed by atoms with E-state index in [9.17, 15) is 12.8 Å². The van der Waals surface area contributed by atoms with E-state index in [1.54, 1.807) is 12.1 Å². The fourth-order valence-corrected chi connectivity index (χ4v) is 3.35. The van der Waals surface area contributed by atoms with E-state index in [-0.39, 0.29) is 5.75 Å². The minimum atomic E-state index is -3.63. The van der Waals surface area contributed by atoms with Gasteiger partial charge in [0.1, 0.15) is 5.82 Å². The summed E-state index contributed by atoms with van der Waals surface area (Å²) in [6.45, 7) is 0. The van der Waals surface area contributed by atoms with Crippen molar-refractivity contribution in [1.29, 1.82) is 0 Å². The molecule has 0 aliphatic heterocycles. The van der Waals surface area contributed by atoms with Gasteiger partial charge < -0.3 is 0 Å². The quantitative estimate of drug-likeness (QED) is 0.803. The van der Waals surface area contributed by atoms with E-state index in [2.05, 4.69) is 9.71 Å². The highest BCUT2D eigenvalue weighted by atomic mass is 32.2. The molecule has 22 heavy (non-hydrogen) atoms. The number of pyridine rings is 1. The molecule has 3 aromatic rings. The second-order valence-electron chi connectivity index (χ2n) is 4.91. The van der Waals surface area contributed by atoms with Gasteiger partial charge in [0.05, 0.1) is 23.2 Å². The zero-order valence-electron chi connectivity index (χ0n) is 11.5. The Morgan fingerprint density at radius 3 is 2.68 bits per heavy atom. The van der Waals surface area contributed by atoms with Crippen LogP contribution in [-0.4, -0.2) is 13.4 Å². The van der Waals surface area contributed by atoms with Gasteiger partial charge in [0.2, 0.25) is 10.0 Å². The first kappa shape index (κ1) is 14.5. The summed E-state index contributed by atoms with van der Waals surface area (Å²) >= 11 is 0. The Balaban J connectivity index is 1.83. The number of nitrogens with one attached hydrogen (secondary N) is 1. The Morgan fingerprint density at radius 1 is 1.05 bits per heavy atom. The number of para-hydroxylation sites is 1. The first-order valence-electron chi connectivity index (χ1n) is 6.62. The Bertz CT molecular complexity index is 926. The van der Waals surface area contributed by atoms with E-state index in [4.69, 9.17) is 0 Å². The average Bonchev–Trinajstić information content (AvgIpc) is 2.46. The molecule has 0 atom stereocenters. The fraction of sp³-hybridized carbons (Fsp3) is 0.0625. The molecule has 2 aromatic carbocycles. The zero-order valence-corrected chi connectivity index (χ0v) is 12.3. The van der Waals surface area contributed by atoms with Crippen LogP contribution in [0.25, 0.3) is 10.9 Å². The van der Waals surface area contributed by atoms with Crippen molar-refractivity contribution in [2.75, 3.05) is 4.72 Å². The maximum atomic E-state index is 13.1. The third-order valence-corrected chi connectivity index (χ3v) is 4.37. The summed E-state index contributed by atoms with van der Waals surface area (Å²) in [6, 6.07) is 14.7. The Kier molecular flexibility index (Phi) is 3.77. The van der Waals surface area contributed by atoms with E-state index < -0.39 is 15.8 Å². The van der Waals surface area contributed by atoms with Crippen LogP contribution < -0.4 is 4.72 Å². The Labute approximate surface area is 127 Å². The lowest BCUT2D eigenvalue weighted by Gasteiger charge is -2.08. The van der Waals surface area contributed by atoms with Gasteiger partial charge in [-0.1, -0.05) is 30.3 Å². The number of benzene rings is 2. The van der Waals surface area contributed by atoms with Crippen molar-refractivity contribution in [1.82, 2.24) is 4.98 Å². The molecule has 0 unspecified atom stereocenters. The SMILES string of the molecule is O=S(=O)(Cc1cccc(F)c1)Nc1cnc2ccccc2c1. The zero-order chi connectivity index (χ0) is 15.6. The van der Waals surface area contributed by atoms with E-state index >= 15 is 0 Å². The highest BCUT2D eigenvalue weighted by molar-refractivity contribution is 7.91. The second kappa shape index (κ2) is 5.73. The third-order valence-electron chi connectivity index (χ3n) is 3.11. The van der Waals surface area contributed by atoms with Gasteiger partial charge in [0.25, 0.3) is 0 Å². The second-order valence-corrected chi connectivity index (χ2v) is 6.63. The molecule has 6 heteroatoms. The molecule has 0 fully saturated rings. The summed E-state index contributed by atoms with van der Waals surface area (Å²) in [5, 5.41) is 0.841. The maximum Gasteiger partial charge on any atom is 0.236 e. The summed E-state index contributed by atoms with van der Waals surface area (Å²) in [5.74, 6) is -0.752. The fourth-order valence-electron chi connectivity index (χ4n) is 2.19. The lowest BCUT2D eigenvalue weighted by molar-refractivity contribution is 0.599. The van der Waals surface area contributed by atoms with Crippen LogP contribution in [-0.2, 0) is 15.8 Å². The molecule has 0 aliphatic carbocycles. The number of fused-ring (bicyclic) bond motifs is 1. The van der Waals surface area contributed by atoms with Crippen molar-refractivity contribution in [2.45, 2.75) is 5.75 Å². The molecule has 1 N–H and O–H groups in total. The molecule has 4 nitrogen and oxygen atoms in total. The van der Waals surface area contributed by atoms with Crippen molar-refractivity contribution in [3.05, 3.63) is 72.2 Å². The molecule has 0 radical (unpaired) electrons. The monoisotopic (exact) mass is 316 g/mol. The summed E-state index contributed by atoms with van der Waals surface area (Å²) in [4.78, 5) is 4.20. The molecule has 0 bridgehead atoms. The van der Waals surface area contributed by atoms with Crippen LogP contribution >= 0.6 is 0 Å². The molecule has 0 saturated heterocycles. The molecule has 0 saturated carbocycles. The molecular formula is C16H13FN2O2S. The number of hydrogen-bond acceptors (Lipinski definition) is 3. The van der Waals surface area contributed by atoms with Gasteiger partial charge in [-0.15, -0.1) is 0 Å². The van der Waals surface area contributed by atoms with Crippen LogP contribution in [0.3, 0.4) is 0 Å². The first-order valence-corrected chi connectivity index (χ1v) is 8.27. The number of rotatable bonds is 4. The van der Waals surface area contributed by atoms with Gasteiger partial charge in [-0.2, -0.15) is 0 Å². The van der Waals surface area contributed by atoms with Crippen LogP contribution in [0.2, 0.25) is 0 Å². The number of nitrogens with zero attached hydrogens (tertiary/aromatic N) is 1. The highest BCUT2D eigenvalue weighted by Gasteiger charge is 2.12. The normalized spacial score (nSPS) is 11.5. The van der Waals surface area contributed by atoms with Crippen molar-refractivity contribution < 1.29 is 12.8 Å². The molecule has 0 amide bonds. The van der Waals surface area contributed by atoms with Crippen LogP contribution in [0.5, 0.6) is 0 Å². The van der Waals surface area contributed by atoms with Crippen LogP contribution in [0.1, 0.15) is 5.56 Å². The smallest absolute Gasteiger partial charge is 0.236 e. The summed E-state index contributed by atoms with van der Waals surface area (Å²) in [5.41, 5.74) is 1.56. The van der Waals surface area contributed by atoms with Gasteiger partial charge in [-0.3, -0.25) is 9.71 Å². The average molecular weight is 316 g/mol. The van der Waals surface area contributed by atoms with Crippen LogP contribution in [0.4, 0.5) is 10.1 Å². The van der Waals surface area contributed by atoms with Gasteiger partial charge in [0, 0.05) is 5.39 Å². The molecule has 1 aromatic heterocycles. The maximum absolute atomic E-state index is 13.1. The Hall–Kier alpha value is -2.47. The van der Waals surface area contributed by atoms with Gasteiger partial charge in [-0.05, 0) is 29.8 Å². The Morgan fingerprint density at radius 2 is 1.86 bits per heavy atom. The molecular weight excluding hydrogens is 303 g/mol. The minimum Gasteiger partial charge on any atom is -0.282 e. The number of aromatic nitrogens is 1. The van der Waals surface area contributed by atoms with Gasteiger partial charge in [-0.25, -0.2) is 12.8 Å². The number of hydrogen-bond donors (Lipinski definition) is 1. The van der Waals surface area contributed by atoms with E-state index in [0.717, 1.165) is 10.9 Å². The van der Waals surface area contributed by atoms with Crippen LogP contribution in [0.15, 0.2) is 60.8 Å². The largest absolute Gasteiger partial charge is 0.282 e. The lowest BCUT2D eigenvalue weighted by atomic mass is 10.2. The molecule has 3 rings (SSSR count). The number of anilines is 1. The third kappa shape index (κ3) is 3.40. The summed E-state index contributed by atoms with van der Waals surface area (Å²) < 4.78 is 39.9. The van der Waals surface area contributed by atoms with Crippen molar-refractivity contribution in [2.24, 2.45) is 0 Å². The topological polar surface area (TPSA) is 59.1 Å².